The predicted octanol–water partition coefficient (Wildman–Crippen LogP) is 7.26. The molecular weight excluding hydrogens is 381 g/mol. The lowest BCUT2D eigenvalue weighted by Crippen LogP contribution is -2.32. The Labute approximate surface area is 189 Å². The summed E-state index contributed by atoms with van der Waals surface area (Å²) < 4.78 is 39.7. The van der Waals surface area contributed by atoms with Crippen LogP contribution in [-0.2, 0) is 13.5 Å². The molecule has 0 N–H and O–H groups in total. The molecule has 1 heterocycles. The van der Waals surface area contributed by atoms with Gasteiger partial charge in [0.2, 0.25) is 11.2 Å². The van der Waals surface area contributed by atoms with Gasteiger partial charge in [0.05, 0.1) is 0 Å². The van der Waals surface area contributed by atoms with Crippen molar-refractivity contribution in [1.29, 1.82) is 0 Å². The van der Waals surface area contributed by atoms with Crippen molar-refractivity contribution in [3.8, 4) is 22.4 Å². The maximum absolute atomic E-state index is 13.6. The van der Waals surface area contributed by atoms with Gasteiger partial charge in [0.25, 0.3) is 0 Å². The average Bonchev–Trinajstić information content (AvgIpc) is 2.75. The summed E-state index contributed by atoms with van der Waals surface area (Å²) in [6.45, 7) is 6.07. The molecule has 158 valence electrons. The van der Waals surface area contributed by atoms with Crippen LogP contribution in [0, 0.1) is 32.4 Å². The van der Waals surface area contributed by atoms with E-state index in [0.717, 1.165) is 45.4 Å². The van der Waals surface area contributed by atoms with Gasteiger partial charge in [-0.15, -0.1) is 0 Å². The van der Waals surface area contributed by atoms with Crippen molar-refractivity contribution in [3.05, 3.63) is 88.7 Å². The molecule has 4 aromatic rings. The minimum atomic E-state index is -2.17. The molecule has 0 aliphatic carbocycles. The maximum Gasteiger partial charge on any atom is 0.213 e. The molecule has 0 spiro atoms. The molecule has 31 heavy (non-hydrogen) atoms. The zero-order chi connectivity index (χ0) is 24.8. The molecular formula is C29H31FN+. The Kier molecular flexibility index (Phi) is 4.71. The van der Waals surface area contributed by atoms with Crippen molar-refractivity contribution in [1.82, 2.24) is 0 Å². The Hall–Kier alpha value is -3.00. The molecule has 0 aliphatic heterocycles. The standard InChI is InChI=1S/C29H31FN/c1-18(2)13-24-16-23(22-7-9-25(30)10-8-22)17-29-26(24)11-12-28(31(29)6)27-15-19(3)14-20(4)21(27)5/h7-12,14-18H,13H2,1-6H3/q+1/i4D3. The molecule has 3 aromatic carbocycles. The normalized spacial score (nSPS) is 13.3. The van der Waals surface area contributed by atoms with Gasteiger partial charge in [0.1, 0.15) is 12.9 Å². The van der Waals surface area contributed by atoms with Crippen molar-refractivity contribution < 1.29 is 13.1 Å². The highest BCUT2D eigenvalue weighted by Gasteiger charge is 2.20. The Morgan fingerprint density at radius 1 is 0.935 bits per heavy atom. The molecule has 0 fully saturated rings. The smallest absolute Gasteiger partial charge is 0.207 e. The number of benzene rings is 3. The zero-order valence-corrected chi connectivity index (χ0v) is 18.9. The predicted molar refractivity (Wildman–Crippen MR) is 129 cm³/mol. The summed E-state index contributed by atoms with van der Waals surface area (Å²) in [6, 6.07) is 19.0. The van der Waals surface area contributed by atoms with Crippen LogP contribution in [0.1, 0.15) is 40.2 Å². The van der Waals surface area contributed by atoms with Crippen LogP contribution in [0.25, 0.3) is 33.3 Å². The molecule has 2 heteroatoms. The fourth-order valence-electron chi connectivity index (χ4n) is 4.38. The number of aryl methyl sites for hydroxylation is 3. The summed E-state index contributed by atoms with van der Waals surface area (Å²) in [4.78, 5) is 0. The van der Waals surface area contributed by atoms with Gasteiger partial charge in [0, 0.05) is 27.2 Å². The van der Waals surface area contributed by atoms with E-state index >= 15 is 0 Å². The van der Waals surface area contributed by atoms with E-state index < -0.39 is 6.85 Å². The van der Waals surface area contributed by atoms with Crippen LogP contribution in [-0.4, -0.2) is 0 Å². The van der Waals surface area contributed by atoms with Gasteiger partial charge < -0.3 is 0 Å². The van der Waals surface area contributed by atoms with E-state index in [4.69, 9.17) is 4.11 Å². The molecule has 0 saturated heterocycles. The number of pyridine rings is 1. The van der Waals surface area contributed by atoms with E-state index in [1.54, 1.807) is 6.07 Å². The number of aromatic nitrogens is 1. The number of rotatable bonds is 4. The first-order valence-electron chi connectivity index (χ1n) is 12.3. The summed E-state index contributed by atoms with van der Waals surface area (Å²) in [6.07, 6.45) is 0.928. The van der Waals surface area contributed by atoms with Crippen molar-refractivity contribution in [2.24, 2.45) is 13.0 Å². The van der Waals surface area contributed by atoms with Crippen LogP contribution in [0.3, 0.4) is 0 Å². The number of hydrogen-bond acceptors (Lipinski definition) is 0. The average molecular weight is 416 g/mol. The third-order valence-corrected chi connectivity index (χ3v) is 6.01. The molecule has 4 rings (SSSR count). The molecule has 0 bridgehead atoms. The van der Waals surface area contributed by atoms with Gasteiger partial charge >= 0.3 is 0 Å². The monoisotopic (exact) mass is 415 g/mol. The van der Waals surface area contributed by atoms with Gasteiger partial charge in [0.15, 0.2) is 0 Å². The van der Waals surface area contributed by atoms with E-state index in [1.807, 2.05) is 33.0 Å². The lowest BCUT2D eigenvalue weighted by molar-refractivity contribution is -0.633. The highest BCUT2D eigenvalue weighted by molar-refractivity contribution is 5.87. The minimum Gasteiger partial charge on any atom is -0.207 e. The third kappa shape index (κ3) is 4.12. The van der Waals surface area contributed by atoms with Crippen molar-refractivity contribution in [3.63, 3.8) is 0 Å². The van der Waals surface area contributed by atoms with E-state index in [-0.39, 0.29) is 5.82 Å². The van der Waals surface area contributed by atoms with Crippen LogP contribution in [0.5, 0.6) is 0 Å². The van der Waals surface area contributed by atoms with Crippen LogP contribution in [0.15, 0.2) is 60.7 Å². The van der Waals surface area contributed by atoms with Gasteiger partial charge in [-0.2, -0.15) is 4.57 Å². The first-order valence-corrected chi connectivity index (χ1v) is 10.8. The van der Waals surface area contributed by atoms with Gasteiger partial charge in [-0.25, -0.2) is 4.39 Å². The molecule has 0 atom stereocenters. The Morgan fingerprint density at radius 3 is 2.35 bits per heavy atom. The van der Waals surface area contributed by atoms with Gasteiger partial charge in [-0.3, -0.25) is 0 Å². The largest absolute Gasteiger partial charge is 0.213 e. The van der Waals surface area contributed by atoms with Crippen LogP contribution in [0.2, 0.25) is 0 Å². The second-order valence-corrected chi connectivity index (χ2v) is 8.94. The number of nitrogens with zero attached hydrogens (tertiary/aromatic N) is 1. The first-order chi connectivity index (χ1) is 16.0. The Balaban J connectivity index is 2.00. The maximum atomic E-state index is 13.6. The summed E-state index contributed by atoms with van der Waals surface area (Å²) in [5.74, 6) is 0.234. The van der Waals surface area contributed by atoms with Crippen LogP contribution < -0.4 is 4.57 Å². The summed E-state index contributed by atoms with van der Waals surface area (Å²) in [5.41, 5.74) is 8.30. The number of halogens is 1. The SMILES string of the molecule is [2H]C([2H])([2H])c1cc(C)cc(-c2ccc3c(CC(C)C)cc(-c4ccc(F)cc4)cc3[n+]2C)c1C. The Morgan fingerprint density at radius 2 is 1.68 bits per heavy atom. The van der Waals surface area contributed by atoms with Crippen molar-refractivity contribution in [2.45, 2.75) is 41.0 Å². The fourth-order valence-corrected chi connectivity index (χ4v) is 4.38. The number of hydrogen-bond donors (Lipinski definition) is 0. The minimum absolute atomic E-state index is 0.250. The quantitative estimate of drug-likeness (QED) is 0.309. The molecule has 0 saturated carbocycles. The van der Waals surface area contributed by atoms with Gasteiger partial charge in [-0.05, 0) is 85.1 Å². The molecule has 1 nitrogen and oxygen atoms in total. The summed E-state index contributed by atoms with van der Waals surface area (Å²) in [7, 11) is 2.03. The number of fused-ring (bicyclic) bond motifs is 1. The van der Waals surface area contributed by atoms with Crippen molar-refractivity contribution in [2.75, 3.05) is 0 Å². The molecule has 0 aliphatic rings. The van der Waals surface area contributed by atoms with E-state index in [2.05, 4.69) is 48.7 Å². The van der Waals surface area contributed by atoms with E-state index in [0.29, 0.717) is 11.5 Å². The third-order valence-electron chi connectivity index (χ3n) is 6.01. The fraction of sp³-hybridized carbons (Fsp3) is 0.276. The van der Waals surface area contributed by atoms with Crippen LogP contribution >= 0.6 is 0 Å². The van der Waals surface area contributed by atoms with E-state index in [9.17, 15) is 4.39 Å². The van der Waals surface area contributed by atoms with Crippen LogP contribution in [0.4, 0.5) is 4.39 Å². The topological polar surface area (TPSA) is 3.88 Å². The lowest BCUT2D eigenvalue weighted by atomic mass is 9.92. The van der Waals surface area contributed by atoms with E-state index in [1.165, 1.54) is 23.1 Å². The second kappa shape index (κ2) is 8.26. The Bertz CT molecular complexity index is 1370. The highest BCUT2D eigenvalue weighted by atomic mass is 19.1. The van der Waals surface area contributed by atoms with Crippen molar-refractivity contribution >= 4 is 10.9 Å². The molecule has 0 amide bonds. The summed E-state index contributed by atoms with van der Waals surface area (Å²) >= 11 is 0. The molecule has 0 radical (unpaired) electrons. The van der Waals surface area contributed by atoms with Gasteiger partial charge in [-0.1, -0.05) is 43.7 Å². The molecule has 1 aromatic heterocycles. The first kappa shape index (κ1) is 17.7. The second-order valence-electron chi connectivity index (χ2n) is 8.94. The zero-order valence-electron chi connectivity index (χ0n) is 21.9. The highest BCUT2D eigenvalue weighted by Crippen LogP contribution is 2.31. The lowest BCUT2D eigenvalue weighted by Gasteiger charge is -2.14. The summed E-state index contributed by atoms with van der Waals surface area (Å²) in [5, 5.41) is 1.17. The molecule has 0 unspecified atom stereocenters.